The molecule has 3 heteroatoms. The monoisotopic (exact) mass is 346 g/mol. The van der Waals surface area contributed by atoms with Crippen molar-refractivity contribution in [3.05, 3.63) is 77.9 Å². The van der Waals surface area contributed by atoms with Gasteiger partial charge in [-0.2, -0.15) is 0 Å². The summed E-state index contributed by atoms with van der Waals surface area (Å²) < 4.78 is 5.51. The van der Waals surface area contributed by atoms with Gasteiger partial charge in [0.25, 0.3) is 0 Å². The summed E-state index contributed by atoms with van der Waals surface area (Å²) in [4.78, 5) is 2.61. The first-order chi connectivity index (χ1) is 12.9. The predicted octanol–water partition coefficient (Wildman–Crippen LogP) is 4.23. The molecular formula is C23H26N2O. The van der Waals surface area contributed by atoms with Crippen LogP contribution in [0.3, 0.4) is 0 Å². The van der Waals surface area contributed by atoms with Crippen molar-refractivity contribution in [2.45, 2.75) is 12.5 Å². The Hall–Kier alpha value is -2.36. The average Bonchev–Trinajstić information content (AvgIpc) is 2.98. The van der Waals surface area contributed by atoms with Crippen LogP contribution < -0.4 is 10.1 Å². The molecule has 0 saturated carbocycles. The number of benzene rings is 3. The van der Waals surface area contributed by atoms with Crippen LogP contribution in [0.5, 0.6) is 5.75 Å². The van der Waals surface area contributed by atoms with E-state index in [0.717, 1.165) is 31.9 Å². The van der Waals surface area contributed by atoms with Gasteiger partial charge in [0.1, 0.15) is 5.75 Å². The summed E-state index contributed by atoms with van der Waals surface area (Å²) in [5, 5.41) is 6.16. The number of ether oxygens (including phenoxy) is 1. The fraction of sp³-hybridized carbons (Fsp3) is 0.304. The minimum Gasteiger partial charge on any atom is -0.497 e. The van der Waals surface area contributed by atoms with Crippen molar-refractivity contribution in [1.29, 1.82) is 0 Å². The molecule has 0 bridgehead atoms. The fourth-order valence-electron chi connectivity index (χ4n) is 4.01. The second kappa shape index (κ2) is 7.90. The Morgan fingerprint density at radius 3 is 2.69 bits per heavy atom. The topological polar surface area (TPSA) is 24.5 Å². The number of nitrogens with zero attached hydrogens (tertiary/aromatic N) is 1. The van der Waals surface area contributed by atoms with Crippen LogP contribution in [0, 0.1) is 0 Å². The third-order valence-corrected chi connectivity index (χ3v) is 5.27. The van der Waals surface area contributed by atoms with Crippen LogP contribution in [-0.4, -0.2) is 38.2 Å². The number of methoxy groups -OCH3 is 1. The van der Waals surface area contributed by atoms with E-state index < -0.39 is 0 Å². The Morgan fingerprint density at radius 2 is 1.77 bits per heavy atom. The second-order valence-corrected chi connectivity index (χ2v) is 6.89. The van der Waals surface area contributed by atoms with Crippen LogP contribution in [0.4, 0.5) is 0 Å². The molecule has 1 aliphatic heterocycles. The molecule has 0 aliphatic carbocycles. The Labute approximate surface area is 155 Å². The number of hydrogen-bond acceptors (Lipinski definition) is 3. The van der Waals surface area contributed by atoms with Gasteiger partial charge in [-0.05, 0) is 47.0 Å². The van der Waals surface area contributed by atoms with Gasteiger partial charge in [-0.3, -0.25) is 4.90 Å². The molecule has 1 unspecified atom stereocenters. The van der Waals surface area contributed by atoms with E-state index in [1.54, 1.807) is 7.11 Å². The van der Waals surface area contributed by atoms with Crippen molar-refractivity contribution in [2.75, 3.05) is 33.3 Å². The normalized spacial score (nSPS) is 17.0. The summed E-state index contributed by atoms with van der Waals surface area (Å²) >= 11 is 0. The molecule has 3 aromatic rings. The van der Waals surface area contributed by atoms with Gasteiger partial charge in [0.2, 0.25) is 0 Å². The number of fused-ring (bicyclic) bond motifs is 1. The van der Waals surface area contributed by atoms with Crippen LogP contribution in [0.15, 0.2) is 66.7 Å². The molecule has 1 N–H and O–H groups in total. The number of hydrogen-bond donors (Lipinski definition) is 1. The number of nitrogens with one attached hydrogen (secondary N) is 1. The molecule has 1 aliphatic rings. The second-order valence-electron chi connectivity index (χ2n) is 6.89. The molecule has 4 rings (SSSR count). The van der Waals surface area contributed by atoms with Crippen molar-refractivity contribution in [3.8, 4) is 5.75 Å². The first-order valence-corrected chi connectivity index (χ1v) is 9.43. The van der Waals surface area contributed by atoms with Gasteiger partial charge in [0.05, 0.1) is 13.2 Å². The predicted molar refractivity (Wildman–Crippen MR) is 108 cm³/mol. The van der Waals surface area contributed by atoms with Gasteiger partial charge in [0.15, 0.2) is 0 Å². The highest BCUT2D eigenvalue weighted by molar-refractivity contribution is 5.86. The largest absolute Gasteiger partial charge is 0.497 e. The first-order valence-electron chi connectivity index (χ1n) is 9.43. The van der Waals surface area contributed by atoms with E-state index in [1.165, 1.54) is 28.3 Å². The average molecular weight is 346 g/mol. The van der Waals surface area contributed by atoms with Gasteiger partial charge in [0, 0.05) is 19.6 Å². The zero-order valence-electron chi connectivity index (χ0n) is 15.3. The van der Waals surface area contributed by atoms with Crippen molar-refractivity contribution < 1.29 is 4.74 Å². The standard InChI is InChI=1S/C23H26N2O/c1-26-20-10-4-9-19(17-20)23(25-15-6-13-24-14-16-25)22-12-5-8-18-7-2-3-11-21(18)22/h2-5,7-12,17,23-24H,6,13-16H2,1H3. The van der Waals surface area contributed by atoms with Crippen molar-refractivity contribution in [1.82, 2.24) is 10.2 Å². The molecule has 3 aromatic carbocycles. The molecule has 0 spiro atoms. The molecular weight excluding hydrogens is 320 g/mol. The summed E-state index contributed by atoms with van der Waals surface area (Å²) in [6.07, 6.45) is 1.17. The van der Waals surface area contributed by atoms with Gasteiger partial charge in [-0.1, -0.05) is 54.6 Å². The molecule has 1 heterocycles. The maximum Gasteiger partial charge on any atom is 0.119 e. The van der Waals surface area contributed by atoms with Crippen molar-refractivity contribution >= 4 is 10.8 Å². The molecule has 0 aromatic heterocycles. The minimum atomic E-state index is 0.232. The summed E-state index contributed by atoms with van der Waals surface area (Å²) in [5.74, 6) is 0.917. The number of rotatable bonds is 4. The van der Waals surface area contributed by atoms with E-state index in [9.17, 15) is 0 Å². The quantitative estimate of drug-likeness (QED) is 0.765. The van der Waals surface area contributed by atoms with Gasteiger partial charge >= 0.3 is 0 Å². The van der Waals surface area contributed by atoms with E-state index in [4.69, 9.17) is 4.74 Å². The summed E-state index contributed by atoms with van der Waals surface area (Å²) in [6.45, 7) is 4.27. The molecule has 1 atom stereocenters. The molecule has 0 amide bonds. The summed E-state index contributed by atoms with van der Waals surface area (Å²) in [5.41, 5.74) is 2.67. The van der Waals surface area contributed by atoms with Crippen molar-refractivity contribution in [3.63, 3.8) is 0 Å². The van der Waals surface area contributed by atoms with Crippen LogP contribution in [0.2, 0.25) is 0 Å². The Bertz CT molecular complexity index is 863. The van der Waals surface area contributed by atoms with Gasteiger partial charge < -0.3 is 10.1 Å². The Kier molecular flexibility index (Phi) is 5.19. The van der Waals surface area contributed by atoms with E-state index >= 15 is 0 Å². The minimum absolute atomic E-state index is 0.232. The lowest BCUT2D eigenvalue weighted by Gasteiger charge is -2.32. The van der Waals surface area contributed by atoms with Crippen LogP contribution in [0.25, 0.3) is 10.8 Å². The lowest BCUT2D eigenvalue weighted by atomic mass is 9.92. The molecule has 0 radical (unpaired) electrons. The Balaban J connectivity index is 1.86. The van der Waals surface area contributed by atoms with Crippen LogP contribution >= 0.6 is 0 Å². The zero-order chi connectivity index (χ0) is 17.8. The third kappa shape index (κ3) is 3.46. The Morgan fingerprint density at radius 1 is 0.923 bits per heavy atom. The highest BCUT2D eigenvalue weighted by atomic mass is 16.5. The molecule has 3 nitrogen and oxygen atoms in total. The SMILES string of the molecule is COc1cccc(C(c2cccc3ccccc23)N2CCCNCC2)c1. The third-order valence-electron chi connectivity index (χ3n) is 5.27. The van der Waals surface area contributed by atoms with Crippen LogP contribution in [0.1, 0.15) is 23.6 Å². The molecule has 1 saturated heterocycles. The summed E-state index contributed by atoms with van der Waals surface area (Å²) in [7, 11) is 1.74. The summed E-state index contributed by atoms with van der Waals surface area (Å²) in [6, 6.07) is 24.1. The maximum absolute atomic E-state index is 5.51. The van der Waals surface area contributed by atoms with Crippen molar-refractivity contribution in [2.24, 2.45) is 0 Å². The lowest BCUT2D eigenvalue weighted by Crippen LogP contribution is -2.33. The highest BCUT2D eigenvalue weighted by Crippen LogP contribution is 2.35. The first kappa shape index (κ1) is 17.1. The van der Waals surface area contributed by atoms with E-state index in [-0.39, 0.29) is 6.04 Å². The molecule has 26 heavy (non-hydrogen) atoms. The van der Waals surface area contributed by atoms with Crippen LogP contribution in [-0.2, 0) is 0 Å². The maximum atomic E-state index is 5.51. The van der Waals surface area contributed by atoms with Gasteiger partial charge in [-0.15, -0.1) is 0 Å². The fourth-order valence-corrected chi connectivity index (χ4v) is 4.01. The molecule has 134 valence electrons. The lowest BCUT2D eigenvalue weighted by molar-refractivity contribution is 0.242. The van der Waals surface area contributed by atoms with E-state index in [0.29, 0.717) is 0 Å². The van der Waals surface area contributed by atoms with E-state index in [1.807, 2.05) is 6.07 Å². The molecule has 1 fully saturated rings. The van der Waals surface area contributed by atoms with Gasteiger partial charge in [-0.25, -0.2) is 0 Å². The highest BCUT2D eigenvalue weighted by Gasteiger charge is 2.25. The smallest absolute Gasteiger partial charge is 0.119 e. The zero-order valence-corrected chi connectivity index (χ0v) is 15.3. The van der Waals surface area contributed by atoms with E-state index in [2.05, 4.69) is 70.9 Å².